The van der Waals surface area contributed by atoms with E-state index in [1.165, 1.54) is 12.4 Å². The monoisotopic (exact) mass is 357 g/mol. The van der Waals surface area contributed by atoms with Crippen LogP contribution in [0.4, 0.5) is 15.9 Å². The van der Waals surface area contributed by atoms with Crippen LogP contribution in [0, 0.1) is 5.82 Å². The molecule has 2 aromatic rings. The molecule has 6 nitrogen and oxygen atoms in total. The molecule has 26 heavy (non-hydrogen) atoms. The van der Waals surface area contributed by atoms with Gasteiger partial charge in [0.15, 0.2) is 0 Å². The maximum atomic E-state index is 13.9. The Morgan fingerprint density at radius 2 is 1.96 bits per heavy atom. The van der Waals surface area contributed by atoms with Gasteiger partial charge >= 0.3 is 0 Å². The van der Waals surface area contributed by atoms with E-state index in [2.05, 4.69) is 29.1 Å². The zero-order valence-electron chi connectivity index (χ0n) is 15.2. The Morgan fingerprint density at radius 1 is 1.23 bits per heavy atom. The lowest BCUT2D eigenvalue weighted by atomic mass is 10.2. The Hall–Kier alpha value is -2.70. The molecular formula is C19H24FN5O. The molecule has 1 atom stereocenters. The van der Waals surface area contributed by atoms with Crippen LogP contribution in [-0.4, -0.2) is 53.0 Å². The lowest BCUT2D eigenvalue weighted by Crippen LogP contribution is -2.49. The van der Waals surface area contributed by atoms with Gasteiger partial charge in [-0.3, -0.25) is 4.79 Å². The minimum atomic E-state index is -0.233. The molecule has 0 bridgehead atoms. The van der Waals surface area contributed by atoms with Gasteiger partial charge in [0.2, 0.25) is 0 Å². The van der Waals surface area contributed by atoms with Crippen molar-refractivity contribution < 1.29 is 9.18 Å². The topological polar surface area (TPSA) is 61.4 Å². The van der Waals surface area contributed by atoms with Crippen LogP contribution in [0.5, 0.6) is 0 Å². The van der Waals surface area contributed by atoms with Crippen molar-refractivity contribution in [1.82, 2.24) is 14.9 Å². The third kappa shape index (κ3) is 4.09. The van der Waals surface area contributed by atoms with Crippen molar-refractivity contribution in [2.24, 2.45) is 0 Å². The third-order valence-corrected chi connectivity index (χ3v) is 4.65. The Labute approximate surface area is 153 Å². The summed E-state index contributed by atoms with van der Waals surface area (Å²) in [6, 6.07) is 8.69. The number of benzene rings is 1. The Bertz CT molecular complexity index is 761. The number of nitrogens with zero attached hydrogens (tertiary/aromatic N) is 4. The summed E-state index contributed by atoms with van der Waals surface area (Å²) in [5.41, 5.74) is 0.965. The van der Waals surface area contributed by atoms with Crippen LogP contribution in [0.25, 0.3) is 0 Å². The lowest BCUT2D eigenvalue weighted by Gasteiger charge is -2.36. The number of piperazine rings is 1. The van der Waals surface area contributed by atoms with E-state index < -0.39 is 0 Å². The molecule has 3 rings (SSSR count). The SMILES string of the molecule is CCC(C)Nc1cc(C(=O)N2CCN(c3ccccc3F)CC2)ncn1. The van der Waals surface area contributed by atoms with Crippen LogP contribution in [0.1, 0.15) is 30.8 Å². The summed E-state index contributed by atoms with van der Waals surface area (Å²) in [5.74, 6) is 0.305. The van der Waals surface area contributed by atoms with Crippen molar-refractivity contribution in [2.75, 3.05) is 36.4 Å². The molecule has 1 aromatic heterocycles. The van der Waals surface area contributed by atoms with E-state index in [1.807, 2.05) is 11.0 Å². The minimum Gasteiger partial charge on any atom is -0.368 e. The quantitative estimate of drug-likeness (QED) is 0.892. The number of aromatic nitrogens is 2. The van der Waals surface area contributed by atoms with E-state index in [-0.39, 0.29) is 17.8 Å². The number of rotatable bonds is 5. The normalized spacial score (nSPS) is 15.7. The summed E-state index contributed by atoms with van der Waals surface area (Å²) >= 11 is 0. The number of carbonyl (C=O) groups excluding carboxylic acids is 1. The van der Waals surface area contributed by atoms with E-state index in [4.69, 9.17) is 0 Å². The van der Waals surface area contributed by atoms with Gasteiger partial charge in [-0.1, -0.05) is 19.1 Å². The van der Waals surface area contributed by atoms with Crippen LogP contribution in [0.15, 0.2) is 36.7 Å². The first-order valence-electron chi connectivity index (χ1n) is 8.95. The molecule has 1 saturated heterocycles. The summed E-state index contributed by atoms with van der Waals surface area (Å²) in [6.07, 6.45) is 2.37. The molecule has 1 fully saturated rings. The fourth-order valence-electron chi connectivity index (χ4n) is 2.93. The highest BCUT2D eigenvalue weighted by Crippen LogP contribution is 2.20. The number of hydrogen-bond acceptors (Lipinski definition) is 5. The smallest absolute Gasteiger partial charge is 0.272 e. The van der Waals surface area contributed by atoms with Crippen LogP contribution < -0.4 is 10.2 Å². The zero-order chi connectivity index (χ0) is 18.5. The zero-order valence-corrected chi connectivity index (χ0v) is 15.2. The van der Waals surface area contributed by atoms with Gasteiger partial charge in [-0.25, -0.2) is 14.4 Å². The molecule has 2 heterocycles. The van der Waals surface area contributed by atoms with Crippen LogP contribution >= 0.6 is 0 Å². The highest BCUT2D eigenvalue weighted by molar-refractivity contribution is 5.93. The second-order valence-corrected chi connectivity index (χ2v) is 6.47. The van der Waals surface area contributed by atoms with Crippen molar-refractivity contribution in [3.05, 3.63) is 48.2 Å². The Balaban J connectivity index is 1.63. The predicted octanol–water partition coefficient (Wildman–Crippen LogP) is 2.79. The van der Waals surface area contributed by atoms with E-state index >= 15 is 0 Å². The van der Waals surface area contributed by atoms with Gasteiger partial charge in [0.25, 0.3) is 5.91 Å². The number of nitrogens with one attached hydrogen (secondary N) is 1. The van der Waals surface area contributed by atoms with Gasteiger partial charge in [0.1, 0.15) is 23.7 Å². The number of para-hydroxylation sites is 1. The molecule has 0 spiro atoms. The van der Waals surface area contributed by atoms with Gasteiger partial charge < -0.3 is 15.1 Å². The maximum Gasteiger partial charge on any atom is 0.272 e. The number of amides is 1. The predicted molar refractivity (Wildman–Crippen MR) is 99.9 cm³/mol. The van der Waals surface area contributed by atoms with E-state index in [0.29, 0.717) is 43.4 Å². The largest absolute Gasteiger partial charge is 0.368 e. The molecule has 138 valence electrons. The summed E-state index contributed by atoms with van der Waals surface area (Å²) in [6.45, 7) is 6.40. The van der Waals surface area contributed by atoms with E-state index in [0.717, 1.165) is 6.42 Å². The third-order valence-electron chi connectivity index (χ3n) is 4.65. The first-order chi connectivity index (χ1) is 12.6. The van der Waals surface area contributed by atoms with Crippen molar-refractivity contribution >= 4 is 17.4 Å². The van der Waals surface area contributed by atoms with Crippen molar-refractivity contribution in [3.63, 3.8) is 0 Å². The number of anilines is 2. The Kier molecular flexibility index (Phi) is 5.65. The van der Waals surface area contributed by atoms with Crippen molar-refractivity contribution in [2.45, 2.75) is 26.3 Å². The standard InChI is InChI=1S/C19H24FN5O/c1-3-14(2)23-18-12-16(21-13-22-18)19(26)25-10-8-24(9-11-25)17-7-5-4-6-15(17)20/h4-7,12-14H,3,8-11H2,1-2H3,(H,21,22,23). The van der Waals surface area contributed by atoms with Crippen LogP contribution in [0.3, 0.4) is 0 Å². The first-order valence-corrected chi connectivity index (χ1v) is 8.95. The lowest BCUT2D eigenvalue weighted by molar-refractivity contribution is 0.0740. The molecule has 0 saturated carbocycles. The Morgan fingerprint density at radius 3 is 2.65 bits per heavy atom. The molecule has 1 N–H and O–H groups in total. The van der Waals surface area contributed by atoms with Gasteiger partial charge in [-0.2, -0.15) is 0 Å². The van der Waals surface area contributed by atoms with Crippen LogP contribution in [0.2, 0.25) is 0 Å². The van der Waals surface area contributed by atoms with Gasteiger partial charge in [-0.05, 0) is 25.5 Å². The van der Waals surface area contributed by atoms with E-state index in [1.54, 1.807) is 23.1 Å². The average molecular weight is 357 g/mol. The molecule has 1 aliphatic rings. The highest BCUT2D eigenvalue weighted by Gasteiger charge is 2.24. The second kappa shape index (κ2) is 8.12. The summed E-state index contributed by atoms with van der Waals surface area (Å²) in [5, 5.41) is 3.25. The van der Waals surface area contributed by atoms with E-state index in [9.17, 15) is 9.18 Å². The molecule has 0 radical (unpaired) electrons. The average Bonchev–Trinajstić information content (AvgIpc) is 2.68. The fourth-order valence-corrected chi connectivity index (χ4v) is 2.93. The first kappa shape index (κ1) is 18.1. The molecule has 1 unspecified atom stereocenters. The second-order valence-electron chi connectivity index (χ2n) is 6.47. The number of carbonyl (C=O) groups is 1. The molecule has 1 aromatic carbocycles. The number of halogens is 1. The molecule has 7 heteroatoms. The molecule has 1 aliphatic heterocycles. The van der Waals surface area contributed by atoms with Crippen molar-refractivity contribution in [3.8, 4) is 0 Å². The highest BCUT2D eigenvalue weighted by atomic mass is 19.1. The summed E-state index contributed by atoms with van der Waals surface area (Å²) in [4.78, 5) is 24.8. The van der Waals surface area contributed by atoms with Gasteiger partial charge in [-0.15, -0.1) is 0 Å². The summed E-state index contributed by atoms with van der Waals surface area (Å²) < 4.78 is 13.9. The maximum absolute atomic E-state index is 13.9. The van der Waals surface area contributed by atoms with Gasteiger partial charge in [0.05, 0.1) is 5.69 Å². The molecule has 0 aliphatic carbocycles. The molecular weight excluding hydrogens is 333 g/mol. The van der Waals surface area contributed by atoms with Crippen molar-refractivity contribution in [1.29, 1.82) is 0 Å². The minimum absolute atomic E-state index is 0.118. The molecule has 1 amide bonds. The fraction of sp³-hybridized carbons (Fsp3) is 0.421. The van der Waals surface area contributed by atoms with Gasteiger partial charge in [0, 0.05) is 38.3 Å². The summed E-state index contributed by atoms with van der Waals surface area (Å²) in [7, 11) is 0. The van der Waals surface area contributed by atoms with Crippen LogP contribution in [-0.2, 0) is 0 Å². The number of hydrogen-bond donors (Lipinski definition) is 1.